The Morgan fingerprint density at radius 3 is 2.63 bits per heavy atom. The Morgan fingerprint density at radius 2 is 2.05 bits per heavy atom. The molecule has 3 nitrogen and oxygen atoms in total. The summed E-state index contributed by atoms with van der Waals surface area (Å²) < 4.78 is 13.2. The first-order chi connectivity index (χ1) is 8.93. The number of carbonyl (C=O) groups excluding carboxylic acids is 1. The molecule has 0 aliphatic rings. The lowest BCUT2D eigenvalue weighted by atomic mass is 10.0. The SMILES string of the molecule is CNC(=O)C(CC(C)C)NCc1cc(F)ccc1C. The molecule has 0 fully saturated rings. The van der Waals surface area contributed by atoms with Gasteiger partial charge in [0.25, 0.3) is 0 Å². The molecule has 19 heavy (non-hydrogen) atoms. The molecule has 0 saturated carbocycles. The number of hydrogen-bond acceptors (Lipinski definition) is 2. The van der Waals surface area contributed by atoms with E-state index in [-0.39, 0.29) is 17.8 Å². The third-order valence-corrected chi connectivity index (χ3v) is 3.12. The molecular weight excluding hydrogens is 243 g/mol. The van der Waals surface area contributed by atoms with Gasteiger partial charge in [0, 0.05) is 13.6 Å². The lowest BCUT2D eigenvalue weighted by Crippen LogP contribution is -2.43. The smallest absolute Gasteiger partial charge is 0.236 e. The first-order valence-electron chi connectivity index (χ1n) is 6.64. The number of benzene rings is 1. The van der Waals surface area contributed by atoms with E-state index in [1.807, 2.05) is 6.92 Å². The molecule has 0 radical (unpaired) electrons. The molecule has 1 rings (SSSR count). The van der Waals surface area contributed by atoms with E-state index < -0.39 is 0 Å². The summed E-state index contributed by atoms with van der Waals surface area (Å²) in [4.78, 5) is 11.8. The minimum atomic E-state index is -0.247. The Balaban J connectivity index is 2.70. The van der Waals surface area contributed by atoms with Crippen molar-refractivity contribution >= 4 is 5.91 Å². The van der Waals surface area contributed by atoms with E-state index in [4.69, 9.17) is 0 Å². The average Bonchev–Trinajstić information content (AvgIpc) is 2.36. The van der Waals surface area contributed by atoms with Gasteiger partial charge in [0.05, 0.1) is 6.04 Å². The second-order valence-electron chi connectivity index (χ2n) is 5.25. The van der Waals surface area contributed by atoms with Gasteiger partial charge in [0.1, 0.15) is 5.82 Å². The van der Waals surface area contributed by atoms with E-state index in [2.05, 4.69) is 24.5 Å². The fourth-order valence-corrected chi connectivity index (χ4v) is 1.99. The van der Waals surface area contributed by atoms with Gasteiger partial charge in [-0.05, 0) is 42.5 Å². The third kappa shape index (κ3) is 4.99. The molecule has 0 aliphatic heterocycles. The van der Waals surface area contributed by atoms with Gasteiger partial charge in [-0.1, -0.05) is 19.9 Å². The molecule has 2 N–H and O–H groups in total. The zero-order valence-electron chi connectivity index (χ0n) is 12.1. The predicted molar refractivity (Wildman–Crippen MR) is 75.3 cm³/mol. The standard InChI is InChI=1S/C15H23FN2O/c1-10(2)7-14(15(19)17-4)18-9-12-8-13(16)6-5-11(12)3/h5-6,8,10,14,18H,7,9H2,1-4H3,(H,17,19). The lowest BCUT2D eigenvalue weighted by Gasteiger charge is -2.19. The van der Waals surface area contributed by atoms with Crippen molar-refractivity contribution in [3.05, 3.63) is 35.1 Å². The van der Waals surface area contributed by atoms with Gasteiger partial charge in [-0.25, -0.2) is 4.39 Å². The quantitative estimate of drug-likeness (QED) is 0.830. The number of halogens is 1. The zero-order valence-corrected chi connectivity index (χ0v) is 12.1. The summed E-state index contributed by atoms with van der Waals surface area (Å²) in [5.74, 6) is 0.147. The fraction of sp³-hybridized carbons (Fsp3) is 0.533. The molecule has 0 aromatic heterocycles. The molecule has 0 heterocycles. The van der Waals surface area contributed by atoms with E-state index >= 15 is 0 Å². The molecule has 0 aliphatic carbocycles. The maximum atomic E-state index is 13.2. The van der Waals surface area contributed by atoms with Gasteiger partial charge in [0.15, 0.2) is 0 Å². The molecule has 1 unspecified atom stereocenters. The van der Waals surface area contributed by atoms with Crippen LogP contribution < -0.4 is 10.6 Å². The van der Waals surface area contributed by atoms with E-state index in [1.165, 1.54) is 12.1 Å². The van der Waals surface area contributed by atoms with E-state index in [9.17, 15) is 9.18 Å². The highest BCUT2D eigenvalue weighted by Gasteiger charge is 2.18. The van der Waals surface area contributed by atoms with E-state index in [0.29, 0.717) is 12.5 Å². The monoisotopic (exact) mass is 266 g/mol. The van der Waals surface area contributed by atoms with Crippen molar-refractivity contribution in [2.75, 3.05) is 7.05 Å². The molecule has 106 valence electrons. The Morgan fingerprint density at radius 1 is 1.37 bits per heavy atom. The minimum Gasteiger partial charge on any atom is -0.358 e. The van der Waals surface area contributed by atoms with Crippen molar-refractivity contribution in [3.63, 3.8) is 0 Å². The first kappa shape index (κ1) is 15.6. The molecule has 1 atom stereocenters. The van der Waals surface area contributed by atoms with Crippen LogP contribution in [0.4, 0.5) is 4.39 Å². The third-order valence-electron chi connectivity index (χ3n) is 3.12. The van der Waals surface area contributed by atoms with Crippen LogP contribution in [0.3, 0.4) is 0 Å². The molecule has 1 amide bonds. The maximum absolute atomic E-state index is 13.2. The maximum Gasteiger partial charge on any atom is 0.236 e. The van der Waals surface area contributed by atoms with Gasteiger partial charge in [-0.2, -0.15) is 0 Å². The number of carbonyl (C=O) groups is 1. The highest BCUT2D eigenvalue weighted by atomic mass is 19.1. The summed E-state index contributed by atoms with van der Waals surface area (Å²) in [5.41, 5.74) is 1.91. The van der Waals surface area contributed by atoms with Crippen LogP contribution in [0.5, 0.6) is 0 Å². The van der Waals surface area contributed by atoms with Crippen molar-refractivity contribution in [2.24, 2.45) is 5.92 Å². The summed E-state index contributed by atoms with van der Waals surface area (Å²) >= 11 is 0. The van der Waals surface area contributed by atoms with Crippen LogP contribution in [0.15, 0.2) is 18.2 Å². The second-order valence-corrected chi connectivity index (χ2v) is 5.25. The van der Waals surface area contributed by atoms with Gasteiger partial charge in [0.2, 0.25) is 5.91 Å². The Kier molecular flexibility index (Phi) is 5.96. The van der Waals surface area contributed by atoms with E-state index in [0.717, 1.165) is 17.5 Å². The van der Waals surface area contributed by atoms with Crippen molar-refractivity contribution < 1.29 is 9.18 Å². The molecule has 4 heteroatoms. The van der Waals surface area contributed by atoms with Crippen LogP contribution in [0, 0.1) is 18.7 Å². The van der Waals surface area contributed by atoms with Gasteiger partial charge >= 0.3 is 0 Å². The van der Waals surface area contributed by atoms with Crippen LogP contribution in [-0.4, -0.2) is 19.0 Å². The number of aryl methyl sites for hydroxylation is 1. The molecular formula is C15H23FN2O. The van der Waals surface area contributed by atoms with E-state index in [1.54, 1.807) is 13.1 Å². The lowest BCUT2D eigenvalue weighted by molar-refractivity contribution is -0.123. The molecule has 1 aromatic carbocycles. The summed E-state index contributed by atoms with van der Waals surface area (Å²) in [7, 11) is 1.63. The van der Waals surface area contributed by atoms with Crippen LogP contribution in [0.25, 0.3) is 0 Å². The van der Waals surface area contributed by atoms with Crippen LogP contribution in [0.2, 0.25) is 0 Å². The van der Waals surface area contributed by atoms with Crippen LogP contribution in [0.1, 0.15) is 31.4 Å². The molecule has 1 aromatic rings. The van der Waals surface area contributed by atoms with Gasteiger partial charge in [-0.15, -0.1) is 0 Å². The summed E-state index contributed by atoms with van der Waals surface area (Å²) in [6.45, 7) is 6.58. The Bertz CT molecular complexity index is 432. The summed E-state index contributed by atoms with van der Waals surface area (Å²) in [6.07, 6.45) is 0.758. The Labute approximate surface area is 114 Å². The number of likely N-dealkylation sites (N-methyl/N-ethyl adjacent to an activating group) is 1. The minimum absolute atomic E-state index is 0.0252. The van der Waals surface area contributed by atoms with Crippen LogP contribution in [-0.2, 0) is 11.3 Å². The predicted octanol–water partition coefficient (Wildman–Crippen LogP) is 2.38. The average molecular weight is 266 g/mol. The van der Waals surface area contributed by atoms with Crippen molar-refractivity contribution in [1.82, 2.24) is 10.6 Å². The topological polar surface area (TPSA) is 41.1 Å². The number of rotatable bonds is 6. The summed E-state index contributed by atoms with van der Waals surface area (Å²) in [5, 5.41) is 5.86. The van der Waals surface area contributed by atoms with Crippen molar-refractivity contribution in [2.45, 2.75) is 39.8 Å². The number of hydrogen-bond donors (Lipinski definition) is 2. The fourth-order valence-electron chi connectivity index (χ4n) is 1.99. The normalized spacial score (nSPS) is 12.5. The van der Waals surface area contributed by atoms with Gasteiger partial charge in [-0.3, -0.25) is 4.79 Å². The highest BCUT2D eigenvalue weighted by molar-refractivity contribution is 5.81. The first-order valence-corrected chi connectivity index (χ1v) is 6.64. The largest absolute Gasteiger partial charge is 0.358 e. The zero-order chi connectivity index (χ0) is 14.4. The van der Waals surface area contributed by atoms with Crippen molar-refractivity contribution in [1.29, 1.82) is 0 Å². The Hall–Kier alpha value is -1.42. The molecule has 0 saturated heterocycles. The molecule has 0 bridgehead atoms. The second kappa shape index (κ2) is 7.24. The summed E-state index contributed by atoms with van der Waals surface area (Å²) in [6, 6.07) is 4.47. The van der Waals surface area contributed by atoms with Crippen LogP contribution >= 0.6 is 0 Å². The highest BCUT2D eigenvalue weighted by Crippen LogP contribution is 2.11. The number of nitrogens with one attached hydrogen (secondary N) is 2. The number of amides is 1. The van der Waals surface area contributed by atoms with Gasteiger partial charge < -0.3 is 10.6 Å². The molecule has 0 spiro atoms. The van der Waals surface area contributed by atoms with Crippen molar-refractivity contribution in [3.8, 4) is 0 Å².